The molecule has 1 atom stereocenters. The summed E-state index contributed by atoms with van der Waals surface area (Å²) in [6.07, 6.45) is 0.831. The van der Waals surface area contributed by atoms with E-state index in [0.29, 0.717) is 6.54 Å². The molecule has 4 rings (SSSR count). The minimum Gasteiger partial charge on any atom is -0.494 e. The molecule has 0 aliphatic carbocycles. The van der Waals surface area contributed by atoms with E-state index in [1.54, 1.807) is 0 Å². The minimum atomic E-state index is -0.723. The number of aromatic nitrogens is 3. The fourth-order valence-electron chi connectivity index (χ4n) is 3.18. The fourth-order valence-corrected chi connectivity index (χ4v) is 3.18. The average molecular weight is 298 g/mol. The lowest BCUT2D eigenvalue weighted by molar-refractivity contribution is 0.425. The van der Waals surface area contributed by atoms with Crippen LogP contribution < -0.4 is 16.6 Å². The van der Waals surface area contributed by atoms with Gasteiger partial charge < -0.3 is 15.4 Å². The van der Waals surface area contributed by atoms with Crippen LogP contribution in [0.3, 0.4) is 0 Å². The Morgan fingerprint density at radius 1 is 1.09 bits per heavy atom. The van der Waals surface area contributed by atoms with Crippen LogP contribution in [0.1, 0.15) is 22.9 Å². The largest absolute Gasteiger partial charge is 0.494 e. The molecule has 7 heteroatoms. The van der Waals surface area contributed by atoms with Crippen LogP contribution in [0.15, 0.2) is 33.9 Å². The highest BCUT2D eigenvalue weighted by Gasteiger charge is 2.29. The third kappa shape index (κ3) is 1.79. The predicted octanol–water partition coefficient (Wildman–Crippen LogP) is 0.485. The maximum absolute atomic E-state index is 12.1. The summed E-state index contributed by atoms with van der Waals surface area (Å²) >= 11 is 0. The third-order valence-corrected chi connectivity index (χ3v) is 4.11. The van der Waals surface area contributed by atoms with E-state index in [4.69, 9.17) is 0 Å². The van der Waals surface area contributed by atoms with Gasteiger partial charge in [0.1, 0.15) is 5.56 Å². The number of hydrogen-bond donors (Lipinski definition) is 5. The lowest BCUT2D eigenvalue weighted by Gasteiger charge is -2.24. The number of rotatable bonds is 1. The Hall–Kier alpha value is -2.80. The van der Waals surface area contributed by atoms with E-state index >= 15 is 0 Å². The van der Waals surface area contributed by atoms with Gasteiger partial charge in [0.2, 0.25) is 5.88 Å². The molecule has 0 spiro atoms. The topological polar surface area (TPSA) is 114 Å². The normalized spacial score (nSPS) is 17.5. The van der Waals surface area contributed by atoms with Crippen molar-refractivity contribution in [3.8, 4) is 5.88 Å². The molecule has 2 aromatic heterocycles. The van der Waals surface area contributed by atoms with Crippen molar-refractivity contribution in [1.29, 1.82) is 0 Å². The zero-order valence-electron chi connectivity index (χ0n) is 11.6. The fraction of sp³-hybridized carbons (Fsp3) is 0.200. The molecule has 112 valence electrons. The van der Waals surface area contributed by atoms with Crippen LogP contribution in [-0.2, 0) is 6.42 Å². The number of hydrogen-bond acceptors (Lipinski definition) is 4. The molecule has 0 saturated carbocycles. The van der Waals surface area contributed by atoms with Crippen molar-refractivity contribution >= 4 is 10.9 Å². The number of nitrogens with one attached hydrogen (secondary N) is 4. The Morgan fingerprint density at radius 3 is 2.73 bits per heavy atom. The van der Waals surface area contributed by atoms with Crippen LogP contribution in [0.2, 0.25) is 0 Å². The second-order valence-corrected chi connectivity index (χ2v) is 5.37. The number of H-pyrrole nitrogens is 3. The van der Waals surface area contributed by atoms with Crippen LogP contribution >= 0.6 is 0 Å². The summed E-state index contributed by atoms with van der Waals surface area (Å²) in [6.45, 7) is 0.678. The first-order valence-electron chi connectivity index (χ1n) is 7.03. The first-order valence-corrected chi connectivity index (χ1v) is 7.03. The van der Waals surface area contributed by atoms with Crippen molar-refractivity contribution in [2.24, 2.45) is 0 Å². The van der Waals surface area contributed by atoms with Crippen molar-refractivity contribution in [2.75, 3.05) is 6.54 Å². The predicted molar refractivity (Wildman–Crippen MR) is 81.2 cm³/mol. The third-order valence-electron chi connectivity index (χ3n) is 4.11. The number of fused-ring (bicyclic) bond motifs is 3. The van der Waals surface area contributed by atoms with Gasteiger partial charge in [0.05, 0.1) is 6.04 Å². The molecule has 0 saturated heterocycles. The molecule has 0 radical (unpaired) electrons. The first kappa shape index (κ1) is 12.9. The SMILES string of the molecule is O=c1[nH]c(O)c([C@@H]2NCCc3c2[nH]c2ccccc32)c(=O)[nH]1. The summed E-state index contributed by atoms with van der Waals surface area (Å²) in [5.41, 5.74) is 1.77. The number of aromatic hydroxyl groups is 1. The summed E-state index contributed by atoms with van der Waals surface area (Å²) in [5.74, 6) is -0.405. The zero-order chi connectivity index (χ0) is 15.3. The number of aromatic amines is 3. The molecule has 1 aliphatic heterocycles. The maximum atomic E-state index is 12.1. The molecule has 1 aromatic carbocycles. The van der Waals surface area contributed by atoms with Gasteiger partial charge in [-0.1, -0.05) is 18.2 Å². The van der Waals surface area contributed by atoms with Crippen molar-refractivity contribution < 1.29 is 5.11 Å². The zero-order valence-corrected chi connectivity index (χ0v) is 11.6. The smallest absolute Gasteiger partial charge is 0.328 e. The molecular formula is C15H14N4O3. The van der Waals surface area contributed by atoms with Gasteiger partial charge in [0.15, 0.2) is 0 Å². The molecule has 3 aromatic rings. The quantitative estimate of drug-likeness (QED) is 0.450. The van der Waals surface area contributed by atoms with Crippen LogP contribution in [0.5, 0.6) is 5.88 Å². The van der Waals surface area contributed by atoms with Gasteiger partial charge in [0.25, 0.3) is 5.56 Å². The Bertz CT molecular complexity index is 982. The molecule has 0 unspecified atom stereocenters. The van der Waals surface area contributed by atoms with Crippen molar-refractivity contribution in [3.05, 3.63) is 61.9 Å². The average Bonchev–Trinajstić information content (AvgIpc) is 2.86. The van der Waals surface area contributed by atoms with Crippen LogP contribution in [0.4, 0.5) is 0 Å². The van der Waals surface area contributed by atoms with Gasteiger partial charge in [-0.05, 0) is 18.1 Å². The van der Waals surface area contributed by atoms with E-state index in [9.17, 15) is 14.7 Å². The van der Waals surface area contributed by atoms with Crippen molar-refractivity contribution in [3.63, 3.8) is 0 Å². The van der Waals surface area contributed by atoms with E-state index in [1.165, 1.54) is 0 Å². The Morgan fingerprint density at radius 2 is 1.91 bits per heavy atom. The summed E-state index contributed by atoms with van der Waals surface area (Å²) in [6, 6.07) is 7.43. The minimum absolute atomic E-state index is 0.118. The van der Waals surface area contributed by atoms with Gasteiger partial charge in [-0.2, -0.15) is 0 Å². The molecule has 1 aliphatic rings. The molecular weight excluding hydrogens is 284 g/mol. The van der Waals surface area contributed by atoms with Gasteiger partial charge in [-0.15, -0.1) is 0 Å². The molecule has 5 N–H and O–H groups in total. The van der Waals surface area contributed by atoms with Crippen LogP contribution in [0.25, 0.3) is 10.9 Å². The Balaban J connectivity index is 1.97. The summed E-state index contributed by atoms with van der Waals surface area (Å²) < 4.78 is 0. The van der Waals surface area contributed by atoms with E-state index in [2.05, 4.69) is 20.3 Å². The Kier molecular flexibility index (Phi) is 2.70. The lowest BCUT2D eigenvalue weighted by Crippen LogP contribution is -2.36. The van der Waals surface area contributed by atoms with Gasteiger partial charge in [-0.3, -0.25) is 14.8 Å². The van der Waals surface area contributed by atoms with E-state index in [1.807, 2.05) is 24.3 Å². The van der Waals surface area contributed by atoms with E-state index in [0.717, 1.165) is 28.6 Å². The highest BCUT2D eigenvalue weighted by molar-refractivity contribution is 5.85. The van der Waals surface area contributed by atoms with Crippen molar-refractivity contribution in [2.45, 2.75) is 12.5 Å². The second-order valence-electron chi connectivity index (χ2n) is 5.37. The monoisotopic (exact) mass is 298 g/mol. The molecule has 0 bridgehead atoms. The van der Waals surface area contributed by atoms with E-state index in [-0.39, 0.29) is 5.56 Å². The van der Waals surface area contributed by atoms with Gasteiger partial charge in [-0.25, -0.2) is 4.79 Å². The lowest BCUT2D eigenvalue weighted by atomic mass is 9.95. The van der Waals surface area contributed by atoms with Gasteiger partial charge >= 0.3 is 5.69 Å². The number of benzene rings is 1. The van der Waals surface area contributed by atoms with Crippen molar-refractivity contribution in [1.82, 2.24) is 20.3 Å². The molecule has 22 heavy (non-hydrogen) atoms. The summed E-state index contributed by atoms with van der Waals surface area (Å²) in [7, 11) is 0. The van der Waals surface area contributed by atoms with Crippen LogP contribution in [0, 0.1) is 0 Å². The molecule has 0 amide bonds. The molecule has 7 nitrogen and oxygen atoms in total. The van der Waals surface area contributed by atoms with E-state index < -0.39 is 23.2 Å². The standard InChI is InChI=1S/C15H14N4O3/c20-13-10(14(21)19-15(22)18-13)12-11-8(5-6-16-12)7-3-1-2-4-9(7)17-11/h1-4,12,16-17H,5-6H2,(H3,18,19,20,21,22)/t12-/m0/s1. The highest BCUT2D eigenvalue weighted by Crippen LogP contribution is 2.33. The number of para-hydroxylation sites is 1. The summed E-state index contributed by atoms with van der Waals surface area (Å²) in [5, 5.41) is 14.3. The Labute approximate surface area is 124 Å². The molecule has 3 heterocycles. The second kappa shape index (κ2) is 4.60. The first-order chi connectivity index (χ1) is 10.6. The summed E-state index contributed by atoms with van der Waals surface area (Å²) in [4.78, 5) is 31.0. The van der Waals surface area contributed by atoms with Crippen LogP contribution in [-0.4, -0.2) is 26.6 Å². The van der Waals surface area contributed by atoms with Gasteiger partial charge in [0, 0.05) is 23.1 Å². The highest BCUT2D eigenvalue weighted by atomic mass is 16.3. The molecule has 0 fully saturated rings. The maximum Gasteiger partial charge on any atom is 0.328 e.